The van der Waals surface area contributed by atoms with E-state index in [2.05, 4.69) is 154 Å². The Labute approximate surface area is 475 Å². The average Bonchev–Trinajstić information content (AvgIpc) is 3.43. The van der Waals surface area contributed by atoms with Crippen LogP contribution in [0.1, 0.15) is 278 Å². The van der Waals surface area contributed by atoms with Gasteiger partial charge in [-0.25, -0.2) is 0 Å². The molecule has 0 aliphatic carbocycles. The van der Waals surface area contributed by atoms with Crippen LogP contribution in [0.25, 0.3) is 0 Å². The highest BCUT2D eigenvalue weighted by Gasteiger charge is 2.19. The zero-order valence-corrected chi connectivity index (χ0v) is 49.9. The molecule has 1 atom stereocenters. The number of rotatable bonds is 56. The third kappa shape index (κ3) is 62.3. The summed E-state index contributed by atoms with van der Waals surface area (Å²) in [5, 5.41) is 0. The fourth-order valence-electron chi connectivity index (χ4n) is 8.43. The van der Waals surface area contributed by atoms with Gasteiger partial charge in [0.1, 0.15) is 13.2 Å². The lowest BCUT2D eigenvalue weighted by molar-refractivity contribution is -0.167. The van der Waals surface area contributed by atoms with Gasteiger partial charge in [-0.15, -0.1) is 0 Å². The second-order valence-corrected chi connectivity index (χ2v) is 20.5. The number of hydrogen-bond donors (Lipinski definition) is 0. The molecule has 0 spiro atoms. The van der Waals surface area contributed by atoms with Gasteiger partial charge in [0, 0.05) is 19.3 Å². The lowest BCUT2D eigenvalue weighted by Crippen LogP contribution is -2.30. The second-order valence-electron chi connectivity index (χ2n) is 20.5. The van der Waals surface area contributed by atoms with Crippen LogP contribution in [-0.4, -0.2) is 37.2 Å². The average molecular weight is 1070 g/mol. The fourth-order valence-corrected chi connectivity index (χ4v) is 8.43. The molecule has 77 heavy (non-hydrogen) atoms. The molecule has 0 aromatic heterocycles. The highest BCUT2D eigenvalue weighted by Crippen LogP contribution is 2.15. The van der Waals surface area contributed by atoms with E-state index in [0.29, 0.717) is 19.3 Å². The van der Waals surface area contributed by atoms with Crippen molar-refractivity contribution in [2.24, 2.45) is 0 Å². The van der Waals surface area contributed by atoms with Gasteiger partial charge >= 0.3 is 17.9 Å². The molecule has 0 aliphatic heterocycles. The van der Waals surface area contributed by atoms with Crippen LogP contribution in [0.4, 0.5) is 0 Å². The maximum atomic E-state index is 12.9. The SMILES string of the molecule is CC/C=C\C/C=C\C/C=C\C/C=C\C/C=C\C/C=C\CCCCCCCCCCC(=O)OCC(COC(=O)CCCCCCC/C=C\CCCCCC)OC(=O)CCCCCCCC/C=C\C/C=C\C/C=C\C/C=C\CC. The Morgan fingerprint density at radius 1 is 0.273 bits per heavy atom. The number of carbonyl (C=O) groups excluding carboxylic acids is 3. The molecule has 6 heteroatoms. The van der Waals surface area contributed by atoms with E-state index in [1.165, 1.54) is 83.5 Å². The molecular formula is C71H116O6. The second kappa shape index (κ2) is 64.1. The minimum Gasteiger partial charge on any atom is -0.462 e. The lowest BCUT2D eigenvalue weighted by Gasteiger charge is -2.18. The molecule has 0 heterocycles. The smallest absolute Gasteiger partial charge is 0.306 e. The van der Waals surface area contributed by atoms with E-state index >= 15 is 0 Å². The normalized spacial score (nSPS) is 13.0. The standard InChI is InChI=1S/C71H116O6/c1-4-7-10-13-16-19-22-25-27-29-31-32-33-34-35-36-37-38-40-41-43-46-49-52-55-58-61-64-70(73)76-67-68(66-75-69(72)63-60-57-54-51-48-45-24-21-18-15-12-9-6-3)77-71(74)65-62-59-56-53-50-47-44-42-39-30-28-26-23-20-17-14-11-8-5-2/h7-8,10-11,16-17,19-21,24-28,31-32,34-35,37-39,42,68H,4-6,9,12-15,18,22-23,29-30,33,36,40-41,43-67H2,1-3H3/b10-7-,11-8-,19-16-,20-17-,24-21-,27-25-,28-26-,32-31-,35-34-,38-37-,42-39-. The predicted molar refractivity (Wildman–Crippen MR) is 334 cm³/mol. The topological polar surface area (TPSA) is 78.9 Å². The Balaban J connectivity index is 4.38. The summed E-state index contributed by atoms with van der Waals surface area (Å²) >= 11 is 0. The van der Waals surface area contributed by atoms with Crippen LogP contribution < -0.4 is 0 Å². The van der Waals surface area contributed by atoms with Crippen LogP contribution in [0, 0.1) is 0 Å². The van der Waals surface area contributed by atoms with Gasteiger partial charge in [0.25, 0.3) is 0 Å². The molecule has 0 saturated heterocycles. The third-order valence-electron chi connectivity index (χ3n) is 13.1. The van der Waals surface area contributed by atoms with E-state index < -0.39 is 6.10 Å². The summed E-state index contributed by atoms with van der Waals surface area (Å²) in [6.45, 7) is 6.38. The van der Waals surface area contributed by atoms with E-state index in [0.717, 1.165) is 154 Å². The summed E-state index contributed by atoms with van der Waals surface area (Å²) in [5.74, 6) is -0.923. The Morgan fingerprint density at radius 2 is 0.506 bits per heavy atom. The maximum absolute atomic E-state index is 12.9. The minimum absolute atomic E-state index is 0.0939. The van der Waals surface area contributed by atoms with Gasteiger partial charge in [-0.2, -0.15) is 0 Å². The molecule has 436 valence electrons. The first-order valence-electron chi connectivity index (χ1n) is 31.7. The molecule has 6 nitrogen and oxygen atoms in total. The van der Waals surface area contributed by atoms with Gasteiger partial charge in [0.05, 0.1) is 0 Å². The summed E-state index contributed by atoms with van der Waals surface area (Å²) in [6, 6.07) is 0. The van der Waals surface area contributed by atoms with Crippen LogP contribution in [0.5, 0.6) is 0 Å². The monoisotopic (exact) mass is 1060 g/mol. The number of hydrogen-bond acceptors (Lipinski definition) is 6. The summed E-state index contributed by atoms with van der Waals surface area (Å²) < 4.78 is 16.9. The van der Waals surface area contributed by atoms with E-state index in [9.17, 15) is 14.4 Å². The van der Waals surface area contributed by atoms with Crippen molar-refractivity contribution >= 4 is 17.9 Å². The number of ether oxygens (including phenoxy) is 3. The molecule has 0 bridgehead atoms. The minimum atomic E-state index is -0.798. The predicted octanol–water partition coefficient (Wildman–Crippen LogP) is 21.8. The molecule has 0 aromatic carbocycles. The highest BCUT2D eigenvalue weighted by molar-refractivity contribution is 5.71. The van der Waals surface area contributed by atoms with Crippen molar-refractivity contribution in [1.82, 2.24) is 0 Å². The van der Waals surface area contributed by atoms with Gasteiger partial charge in [-0.3, -0.25) is 14.4 Å². The number of allylic oxidation sites excluding steroid dienone is 22. The molecule has 0 N–H and O–H groups in total. The van der Waals surface area contributed by atoms with Gasteiger partial charge in [-0.1, -0.05) is 257 Å². The largest absolute Gasteiger partial charge is 0.462 e. The number of carbonyl (C=O) groups is 3. The Kier molecular flexibility index (Phi) is 60.4. The van der Waals surface area contributed by atoms with Gasteiger partial charge in [0.15, 0.2) is 6.10 Å². The first kappa shape index (κ1) is 72.5. The third-order valence-corrected chi connectivity index (χ3v) is 13.1. The van der Waals surface area contributed by atoms with Gasteiger partial charge < -0.3 is 14.2 Å². The molecule has 0 saturated carbocycles. The molecule has 0 amide bonds. The van der Waals surface area contributed by atoms with E-state index in [-0.39, 0.29) is 31.1 Å². The molecule has 0 radical (unpaired) electrons. The van der Waals surface area contributed by atoms with Crippen molar-refractivity contribution in [3.05, 3.63) is 134 Å². The van der Waals surface area contributed by atoms with E-state index in [1.54, 1.807) is 0 Å². The van der Waals surface area contributed by atoms with Crippen LogP contribution in [0.15, 0.2) is 134 Å². The summed E-state index contributed by atoms with van der Waals surface area (Å²) in [7, 11) is 0. The van der Waals surface area contributed by atoms with Crippen molar-refractivity contribution in [1.29, 1.82) is 0 Å². The van der Waals surface area contributed by atoms with E-state index in [4.69, 9.17) is 14.2 Å². The Hall–Kier alpha value is -4.45. The quantitative estimate of drug-likeness (QED) is 0.0261. The first-order chi connectivity index (χ1) is 38.0. The van der Waals surface area contributed by atoms with Crippen LogP contribution in [0.2, 0.25) is 0 Å². The van der Waals surface area contributed by atoms with Crippen molar-refractivity contribution in [3.63, 3.8) is 0 Å². The highest BCUT2D eigenvalue weighted by atomic mass is 16.6. The Morgan fingerprint density at radius 3 is 0.805 bits per heavy atom. The van der Waals surface area contributed by atoms with Crippen LogP contribution >= 0.6 is 0 Å². The van der Waals surface area contributed by atoms with Crippen molar-refractivity contribution in [2.45, 2.75) is 284 Å². The van der Waals surface area contributed by atoms with Gasteiger partial charge in [-0.05, 0) is 135 Å². The van der Waals surface area contributed by atoms with Gasteiger partial charge in [0.2, 0.25) is 0 Å². The number of unbranched alkanes of at least 4 members (excludes halogenated alkanes) is 23. The molecule has 1 unspecified atom stereocenters. The number of esters is 3. The van der Waals surface area contributed by atoms with Crippen molar-refractivity contribution in [2.75, 3.05) is 13.2 Å². The maximum Gasteiger partial charge on any atom is 0.306 e. The molecule has 0 fully saturated rings. The molecule has 0 aromatic rings. The first-order valence-corrected chi connectivity index (χ1v) is 31.7. The lowest BCUT2D eigenvalue weighted by atomic mass is 10.1. The zero-order valence-electron chi connectivity index (χ0n) is 49.9. The molecular weight excluding hydrogens is 949 g/mol. The summed E-state index contributed by atoms with van der Waals surface area (Å²) in [4.78, 5) is 38.3. The van der Waals surface area contributed by atoms with Crippen LogP contribution in [-0.2, 0) is 28.6 Å². The summed E-state index contributed by atoms with van der Waals surface area (Å²) in [6.07, 6.45) is 90.2. The molecule has 0 aliphatic rings. The van der Waals surface area contributed by atoms with Crippen molar-refractivity contribution < 1.29 is 28.6 Å². The zero-order chi connectivity index (χ0) is 55.7. The Bertz CT molecular complexity index is 1650. The fraction of sp³-hybridized carbons (Fsp3) is 0.648. The van der Waals surface area contributed by atoms with Crippen LogP contribution in [0.3, 0.4) is 0 Å². The summed E-state index contributed by atoms with van der Waals surface area (Å²) in [5.41, 5.74) is 0. The van der Waals surface area contributed by atoms with Crippen molar-refractivity contribution in [3.8, 4) is 0 Å². The van der Waals surface area contributed by atoms with E-state index in [1.807, 2.05) is 0 Å². The molecule has 0 rings (SSSR count).